The molecule has 0 N–H and O–H groups in total. The molecule has 0 bridgehead atoms. The van der Waals surface area contributed by atoms with E-state index < -0.39 is 0 Å². The number of esters is 2. The van der Waals surface area contributed by atoms with Gasteiger partial charge in [-0.15, -0.1) is 0 Å². The van der Waals surface area contributed by atoms with E-state index in [1.807, 2.05) is 6.92 Å². The monoisotopic (exact) mass is 382 g/mol. The van der Waals surface area contributed by atoms with Crippen molar-refractivity contribution in [1.82, 2.24) is 0 Å². The van der Waals surface area contributed by atoms with E-state index >= 15 is 0 Å². The first-order chi connectivity index (χ1) is 13.1. The highest BCUT2D eigenvalue weighted by molar-refractivity contribution is 5.85. The standard InChI is InChI=1S/C24H46O3/c1-4-7-9-11-13-15-18-22(19-16-14-12-10-8-5-2)20-21-24(26)27-23(25)17-6-3/h22H,4-21H2,1-3H3. The molecule has 0 aliphatic heterocycles. The van der Waals surface area contributed by atoms with Crippen LogP contribution >= 0.6 is 0 Å². The van der Waals surface area contributed by atoms with Gasteiger partial charge >= 0.3 is 11.9 Å². The van der Waals surface area contributed by atoms with Crippen molar-refractivity contribution < 1.29 is 14.3 Å². The van der Waals surface area contributed by atoms with Gasteiger partial charge in [0.25, 0.3) is 0 Å². The molecule has 0 spiro atoms. The molecule has 0 heterocycles. The minimum atomic E-state index is -0.370. The topological polar surface area (TPSA) is 43.4 Å². The van der Waals surface area contributed by atoms with Crippen LogP contribution in [-0.4, -0.2) is 11.9 Å². The lowest BCUT2D eigenvalue weighted by Gasteiger charge is -2.16. The van der Waals surface area contributed by atoms with Crippen molar-refractivity contribution in [2.45, 2.75) is 136 Å². The minimum absolute atomic E-state index is 0.329. The Bertz CT molecular complexity index is 336. The maximum Gasteiger partial charge on any atom is 0.313 e. The summed E-state index contributed by atoms with van der Waals surface area (Å²) in [6, 6.07) is 0. The molecule has 160 valence electrons. The van der Waals surface area contributed by atoms with Gasteiger partial charge in [-0.2, -0.15) is 0 Å². The number of ether oxygens (including phenoxy) is 1. The second-order valence-corrected chi connectivity index (χ2v) is 8.11. The Balaban J connectivity index is 4.09. The summed E-state index contributed by atoms with van der Waals surface area (Å²) in [7, 11) is 0. The highest BCUT2D eigenvalue weighted by Crippen LogP contribution is 2.23. The van der Waals surface area contributed by atoms with Crippen LogP contribution in [0.15, 0.2) is 0 Å². The van der Waals surface area contributed by atoms with Crippen molar-refractivity contribution >= 4 is 11.9 Å². The molecular formula is C24H46O3. The summed E-state index contributed by atoms with van der Waals surface area (Å²) >= 11 is 0. The number of carbonyl (C=O) groups excluding carboxylic acids is 2. The van der Waals surface area contributed by atoms with Crippen molar-refractivity contribution in [1.29, 1.82) is 0 Å². The summed E-state index contributed by atoms with van der Waals surface area (Å²) in [6.45, 7) is 6.42. The number of rotatable bonds is 19. The van der Waals surface area contributed by atoms with E-state index in [0.29, 0.717) is 18.8 Å². The van der Waals surface area contributed by atoms with E-state index in [9.17, 15) is 9.59 Å². The van der Waals surface area contributed by atoms with Crippen molar-refractivity contribution in [3.05, 3.63) is 0 Å². The van der Waals surface area contributed by atoms with Gasteiger partial charge in [-0.1, -0.05) is 111 Å². The maximum atomic E-state index is 11.9. The molecule has 0 aromatic heterocycles. The second kappa shape index (κ2) is 19.9. The molecule has 0 saturated carbocycles. The lowest BCUT2D eigenvalue weighted by atomic mass is 9.90. The largest absolute Gasteiger partial charge is 0.393 e. The van der Waals surface area contributed by atoms with E-state index in [1.54, 1.807) is 0 Å². The van der Waals surface area contributed by atoms with Gasteiger partial charge in [-0.05, 0) is 18.8 Å². The van der Waals surface area contributed by atoms with Gasteiger partial charge < -0.3 is 4.74 Å². The Hall–Kier alpha value is -0.860. The number of unbranched alkanes of at least 4 members (excludes halogenated alkanes) is 10. The average molecular weight is 383 g/mol. The van der Waals surface area contributed by atoms with Crippen LogP contribution in [0.5, 0.6) is 0 Å². The van der Waals surface area contributed by atoms with Gasteiger partial charge in [0, 0.05) is 12.8 Å². The first-order valence-corrected chi connectivity index (χ1v) is 11.9. The van der Waals surface area contributed by atoms with Crippen LogP contribution in [-0.2, 0) is 14.3 Å². The van der Waals surface area contributed by atoms with E-state index in [1.165, 1.54) is 89.9 Å². The van der Waals surface area contributed by atoms with Crippen LogP contribution in [0.3, 0.4) is 0 Å². The van der Waals surface area contributed by atoms with Gasteiger partial charge in [-0.25, -0.2) is 0 Å². The zero-order valence-corrected chi connectivity index (χ0v) is 18.5. The SMILES string of the molecule is CCCCCCCCC(CCCCCCCC)CCC(=O)OC(=O)CCC. The molecule has 0 aromatic carbocycles. The Morgan fingerprint density at radius 1 is 0.556 bits per heavy atom. The van der Waals surface area contributed by atoms with Gasteiger partial charge in [0.05, 0.1) is 0 Å². The number of carbonyl (C=O) groups is 2. The van der Waals surface area contributed by atoms with Crippen molar-refractivity contribution in [2.75, 3.05) is 0 Å². The van der Waals surface area contributed by atoms with E-state index in [2.05, 4.69) is 13.8 Å². The Morgan fingerprint density at radius 2 is 1.00 bits per heavy atom. The molecule has 0 unspecified atom stereocenters. The highest BCUT2D eigenvalue weighted by Gasteiger charge is 2.14. The zero-order valence-electron chi connectivity index (χ0n) is 18.5. The number of hydrogen-bond donors (Lipinski definition) is 0. The summed E-state index contributed by atoms with van der Waals surface area (Å²) < 4.78 is 4.90. The minimum Gasteiger partial charge on any atom is -0.393 e. The first kappa shape index (κ1) is 26.1. The van der Waals surface area contributed by atoms with Gasteiger partial charge in [-0.3, -0.25) is 9.59 Å². The van der Waals surface area contributed by atoms with E-state index in [4.69, 9.17) is 4.74 Å². The highest BCUT2D eigenvalue weighted by atomic mass is 16.6. The predicted octanol–water partition coefficient (Wildman–Crippen LogP) is 7.75. The molecular weight excluding hydrogens is 336 g/mol. The van der Waals surface area contributed by atoms with Crippen LogP contribution in [0.1, 0.15) is 136 Å². The third-order valence-corrected chi connectivity index (χ3v) is 5.37. The smallest absolute Gasteiger partial charge is 0.313 e. The maximum absolute atomic E-state index is 11.9. The second-order valence-electron chi connectivity index (χ2n) is 8.11. The Labute approximate surface area is 169 Å². The normalized spacial score (nSPS) is 11.1. The zero-order chi connectivity index (χ0) is 20.2. The van der Waals surface area contributed by atoms with Crippen LogP contribution in [0, 0.1) is 5.92 Å². The lowest BCUT2D eigenvalue weighted by Crippen LogP contribution is -2.13. The first-order valence-electron chi connectivity index (χ1n) is 11.9. The summed E-state index contributed by atoms with van der Waals surface area (Å²) in [4.78, 5) is 23.3. The molecule has 0 saturated heterocycles. The molecule has 0 aliphatic carbocycles. The van der Waals surface area contributed by atoms with Crippen molar-refractivity contribution in [2.24, 2.45) is 5.92 Å². The third-order valence-electron chi connectivity index (χ3n) is 5.37. The Morgan fingerprint density at radius 3 is 1.48 bits per heavy atom. The van der Waals surface area contributed by atoms with Gasteiger partial charge in [0.1, 0.15) is 0 Å². The number of hydrogen-bond acceptors (Lipinski definition) is 3. The molecule has 0 aliphatic rings. The molecule has 0 radical (unpaired) electrons. The Kier molecular flexibility index (Phi) is 19.3. The van der Waals surface area contributed by atoms with Crippen molar-refractivity contribution in [3.8, 4) is 0 Å². The molecule has 0 rings (SSSR count). The third kappa shape index (κ3) is 18.3. The van der Waals surface area contributed by atoms with Crippen LogP contribution in [0.2, 0.25) is 0 Å². The van der Waals surface area contributed by atoms with Crippen LogP contribution in [0.25, 0.3) is 0 Å². The fraction of sp³-hybridized carbons (Fsp3) is 0.917. The molecule has 0 atom stereocenters. The molecule has 0 fully saturated rings. The molecule has 0 aromatic rings. The van der Waals surface area contributed by atoms with Gasteiger partial charge in [0.2, 0.25) is 0 Å². The predicted molar refractivity (Wildman–Crippen MR) is 115 cm³/mol. The molecule has 3 nitrogen and oxygen atoms in total. The summed E-state index contributed by atoms with van der Waals surface area (Å²) in [6.07, 6.45) is 20.6. The summed E-state index contributed by atoms with van der Waals surface area (Å²) in [5.74, 6) is -0.0913. The lowest BCUT2D eigenvalue weighted by molar-refractivity contribution is -0.159. The van der Waals surface area contributed by atoms with Crippen LogP contribution in [0.4, 0.5) is 0 Å². The fourth-order valence-electron chi connectivity index (χ4n) is 3.61. The molecule has 3 heteroatoms. The van der Waals surface area contributed by atoms with E-state index in [-0.39, 0.29) is 11.9 Å². The van der Waals surface area contributed by atoms with Crippen LogP contribution < -0.4 is 0 Å². The quantitative estimate of drug-likeness (QED) is 0.130. The van der Waals surface area contributed by atoms with Crippen molar-refractivity contribution in [3.63, 3.8) is 0 Å². The van der Waals surface area contributed by atoms with E-state index in [0.717, 1.165) is 12.8 Å². The molecule has 27 heavy (non-hydrogen) atoms. The summed E-state index contributed by atoms with van der Waals surface area (Å²) in [5.41, 5.74) is 0. The van der Waals surface area contributed by atoms with Gasteiger partial charge in [0.15, 0.2) is 0 Å². The average Bonchev–Trinajstić information content (AvgIpc) is 2.64. The fourth-order valence-corrected chi connectivity index (χ4v) is 3.61. The molecule has 0 amide bonds. The summed E-state index contributed by atoms with van der Waals surface area (Å²) in [5, 5.41) is 0.